The maximum Gasteiger partial charge on any atom is 0.367 e. The number of aromatic nitrogens is 1. The minimum absolute atomic E-state index is 0.186. The van der Waals surface area contributed by atoms with Crippen LogP contribution in [0.25, 0.3) is 0 Å². The van der Waals surface area contributed by atoms with Gasteiger partial charge in [-0.15, -0.1) is 11.3 Å². The van der Waals surface area contributed by atoms with Crippen LogP contribution in [0.3, 0.4) is 0 Å². The molecule has 1 aromatic carbocycles. The van der Waals surface area contributed by atoms with Crippen molar-refractivity contribution in [1.29, 1.82) is 0 Å². The van der Waals surface area contributed by atoms with Crippen LogP contribution in [0.5, 0.6) is 0 Å². The Hall–Kier alpha value is -2.29. The van der Waals surface area contributed by atoms with E-state index in [1.54, 1.807) is 6.92 Å². The number of piperazine rings is 1. The van der Waals surface area contributed by atoms with Gasteiger partial charge in [-0.2, -0.15) is 0 Å². The van der Waals surface area contributed by atoms with Gasteiger partial charge in [0.1, 0.15) is 4.88 Å². The quantitative estimate of drug-likeness (QED) is 0.718. The summed E-state index contributed by atoms with van der Waals surface area (Å²) in [5, 5.41) is 3.03. The molecule has 1 aliphatic rings. The number of thiazole rings is 1. The van der Waals surface area contributed by atoms with Gasteiger partial charge in [0.2, 0.25) is 5.01 Å². The molecule has 150 valence electrons. The molecule has 2 heterocycles. The topological polar surface area (TPSA) is 74.8 Å². The van der Waals surface area contributed by atoms with E-state index in [-0.39, 0.29) is 17.5 Å². The Morgan fingerprint density at radius 2 is 1.79 bits per heavy atom. The van der Waals surface area contributed by atoms with Gasteiger partial charge in [0.05, 0.1) is 12.8 Å². The van der Waals surface area contributed by atoms with Gasteiger partial charge in [-0.3, -0.25) is 9.69 Å². The summed E-state index contributed by atoms with van der Waals surface area (Å²) < 4.78 is 4.90. The molecule has 1 saturated heterocycles. The van der Waals surface area contributed by atoms with E-state index in [0.29, 0.717) is 4.88 Å². The van der Waals surface area contributed by atoms with Crippen LogP contribution in [0, 0.1) is 0 Å². The third kappa shape index (κ3) is 5.37. The van der Waals surface area contributed by atoms with Crippen LogP contribution in [-0.2, 0) is 11.3 Å². The zero-order chi connectivity index (χ0) is 19.9. The third-order valence-electron chi connectivity index (χ3n) is 4.71. The third-order valence-corrected chi connectivity index (χ3v) is 5.69. The number of ether oxygens (including phenoxy) is 1. The van der Waals surface area contributed by atoms with E-state index in [1.165, 1.54) is 11.8 Å². The molecule has 28 heavy (non-hydrogen) atoms. The largest absolute Gasteiger partial charge is 0.461 e. The first-order valence-electron chi connectivity index (χ1n) is 9.57. The first-order chi connectivity index (χ1) is 13.6. The normalized spacial score (nSPS) is 15.4. The summed E-state index contributed by atoms with van der Waals surface area (Å²) in [6.45, 7) is 10.6. The molecule has 0 radical (unpaired) electrons. The van der Waals surface area contributed by atoms with Crippen LogP contribution in [0.15, 0.2) is 30.5 Å². The van der Waals surface area contributed by atoms with E-state index < -0.39 is 5.97 Å². The Bertz CT molecular complexity index is 798. The first kappa shape index (κ1) is 20.4. The van der Waals surface area contributed by atoms with Crippen molar-refractivity contribution in [3.63, 3.8) is 0 Å². The van der Waals surface area contributed by atoms with Gasteiger partial charge >= 0.3 is 5.97 Å². The van der Waals surface area contributed by atoms with Crippen LogP contribution < -0.4 is 5.32 Å². The summed E-state index contributed by atoms with van der Waals surface area (Å²) in [6, 6.07) is 7.89. The Morgan fingerprint density at radius 3 is 2.43 bits per heavy atom. The van der Waals surface area contributed by atoms with E-state index >= 15 is 0 Å². The molecule has 0 bridgehead atoms. The molecule has 0 spiro atoms. The lowest BCUT2D eigenvalue weighted by molar-refractivity contribution is 0.0526. The number of likely N-dealkylation sites (N-methyl/N-ethyl adjacent to an activating group) is 1. The zero-order valence-corrected chi connectivity index (χ0v) is 17.1. The minimum atomic E-state index is -0.504. The second-order valence-corrected chi connectivity index (χ2v) is 7.64. The lowest BCUT2D eigenvalue weighted by Gasteiger charge is -2.34. The van der Waals surface area contributed by atoms with Crippen molar-refractivity contribution in [2.45, 2.75) is 20.4 Å². The van der Waals surface area contributed by atoms with Crippen LogP contribution in [0.4, 0.5) is 5.69 Å². The molecular formula is C20H26N4O3S. The number of nitrogens with one attached hydrogen (secondary N) is 1. The molecule has 0 unspecified atom stereocenters. The number of amides is 1. The highest BCUT2D eigenvalue weighted by molar-refractivity contribution is 7.15. The standard InChI is InChI=1S/C20H26N4O3S/c1-3-23-9-11-24(12-10-23)14-15-5-7-16(8-6-15)22-18(25)17-13-21-19(28-17)20(26)27-4-2/h5-8,13H,3-4,9-12,14H2,1-2H3,(H,22,25). The van der Waals surface area contributed by atoms with Crippen LogP contribution in [0.2, 0.25) is 0 Å². The van der Waals surface area contributed by atoms with Crippen LogP contribution in [-0.4, -0.2) is 66.0 Å². The van der Waals surface area contributed by atoms with Gasteiger partial charge in [0.25, 0.3) is 5.91 Å². The van der Waals surface area contributed by atoms with Gasteiger partial charge in [-0.25, -0.2) is 9.78 Å². The monoisotopic (exact) mass is 402 g/mol. The van der Waals surface area contributed by atoms with E-state index in [4.69, 9.17) is 4.74 Å². The van der Waals surface area contributed by atoms with Crippen molar-refractivity contribution >= 4 is 28.9 Å². The Morgan fingerprint density at radius 1 is 1.11 bits per heavy atom. The number of anilines is 1. The molecule has 0 saturated carbocycles. The Balaban J connectivity index is 1.52. The smallest absolute Gasteiger partial charge is 0.367 e. The Kier molecular flexibility index (Phi) is 7.13. The lowest BCUT2D eigenvalue weighted by atomic mass is 10.1. The van der Waals surface area contributed by atoms with Crippen molar-refractivity contribution in [3.05, 3.63) is 45.9 Å². The number of rotatable bonds is 7. The molecule has 3 rings (SSSR count). The molecule has 7 nitrogen and oxygen atoms in total. The fourth-order valence-electron chi connectivity index (χ4n) is 3.07. The molecule has 1 aromatic heterocycles. The SMILES string of the molecule is CCOC(=O)c1ncc(C(=O)Nc2ccc(CN3CCN(CC)CC3)cc2)s1. The summed E-state index contributed by atoms with van der Waals surface area (Å²) in [4.78, 5) is 33.3. The number of hydrogen-bond donors (Lipinski definition) is 1. The summed E-state index contributed by atoms with van der Waals surface area (Å²) in [5.74, 6) is -0.785. The van der Waals surface area contributed by atoms with E-state index in [0.717, 1.165) is 56.3 Å². The zero-order valence-electron chi connectivity index (χ0n) is 16.3. The maximum atomic E-state index is 12.4. The summed E-state index contributed by atoms with van der Waals surface area (Å²) in [7, 11) is 0. The average Bonchev–Trinajstić information content (AvgIpc) is 3.21. The number of carbonyl (C=O) groups is 2. The molecule has 0 atom stereocenters. The molecule has 1 aliphatic heterocycles. The van der Waals surface area contributed by atoms with Gasteiger partial charge < -0.3 is 15.0 Å². The van der Waals surface area contributed by atoms with Crippen molar-refractivity contribution in [2.24, 2.45) is 0 Å². The second kappa shape index (κ2) is 9.77. The molecule has 1 N–H and O–H groups in total. The van der Waals surface area contributed by atoms with Crippen molar-refractivity contribution in [2.75, 3.05) is 44.6 Å². The number of hydrogen-bond acceptors (Lipinski definition) is 7. The highest BCUT2D eigenvalue weighted by atomic mass is 32.1. The maximum absolute atomic E-state index is 12.4. The Labute approximate surface area is 169 Å². The van der Waals surface area contributed by atoms with Crippen LogP contribution in [0.1, 0.15) is 38.9 Å². The predicted octanol–water partition coefficient (Wildman–Crippen LogP) is 2.71. The molecule has 2 aromatic rings. The molecule has 1 amide bonds. The highest BCUT2D eigenvalue weighted by Gasteiger charge is 2.17. The van der Waals surface area contributed by atoms with Gasteiger partial charge in [-0.05, 0) is 31.2 Å². The molecule has 8 heteroatoms. The number of nitrogens with zero attached hydrogens (tertiary/aromatic N) is 3. The summed E-state index contributed by atoms with van der Waals surface area (Å²) in [5.41, 5.74) is 1.95. The van der Waals surface area contributed by atoms with Crippen molar-refractivity contribution in [1.82, 2.24) is 14.8 Å². The fraction of sp³-hybridized carbons (Fsp3) is 0.450. The van der Waals surface area contributed by atoms with E-state index in [2.05, 4.69) is 27.0 Å². The lowest BCUT2D eigenvalue weighted by Crippen LogP contribution is -2.45. The second-order valence-electron chi connectivity index (χ2n) is 6.61. The van der Waals surface area contributed by atoms with E-state index in [9.17, 15) is 9.59 Å². The number of benzene rings is 1. The van der Waals surface area contributed by atoms with Crippen molar-refractivity contribution in [3.8, 4) is 0 Å². The number of carbonyl (C=O) groups excluding carboxylic acids is 2. The first-order valence-corrected chi connectivity index (χ1v) is 10.4. The molecule has 1 fully saturated rings. The summed E-state index contributed by atoms with van der Waals surface area (Å²) in [6.07, 6.45) is 1.40. The van der Waals surface area contributed by atoms with Gasteiger partial charge in [0, 0.05) is 38.4 Å². The van der Waals surface area contributed by atoms with E-state index in [1.807, 2.05) is 24.3 Å². The number of esters is 1. The minimum Gasteiger partial charge on any atom is -0.461 e. The fourth-order valence-corrected chi connectivity index (χ4v) is 3.78. The van der Waals surface area contributed by atoms with Gasteiger partial charge in [0.15, 0.2) is 0 Å². The van der Waals surface area contributed by atoms with Crippen LogP contribution >= 0.6 is 11.3 Å². The van der Waals surface area contributed by atoms with Gasteiger partial charge in [-0.1, -0.05) is 19.1 Å². The highest BCUT2D eigenvalue weighted by Crippen LogP contribution is 2.18. The molecular weight excluding hydrogens is 376 g/mol. The van der Waals surface area contributed by atoms with Crippen molar-refractivity contribution < 1.29 is 14.3 Å². The average molecular weight is 403 g/mol. The summed E-state index contributed by atoms with van der Waals surface area (Å²) >= 11 is 1.03. The molecule has 0 aliphatic carbocycles. The predicted molar refractivity (Wildman–Crippen MR) is 110 cm³/mol.